The van der Waals surface area contributed by atoms with Crippen molar-refractivity contribution in [3.05, 3.63) is 20.8 Å². The lowest BCUT2D eigenvalue weighted by Gasteiger charge is -2.38. The highest BCUT2D eigenvalue weighted by Gasteiger charge is 2.31. The minimum atomic E-state index is 0.330. The van der Waals surface area contributed by atoms with Crippen molar-refractivity contribution in [2.75, 3.05) is 0 Å². The molecule has 3 heteroatoms. The first kappa shape index (κ1) is 15.5. The summed E-state index contributed by atoms with van der Waals surface area (Å²) in [6, 6.07) is 2.46. The zero-order chi connectivity index (χ0) is 14.0. The van der Waals surface area contributed by atoms with Crippen molar-refractivity contribution in [1.82, 2.24) is 0 Å². The van der Waals surface area contributed by atoms with Crippen LogP contribution >= 0.6 is 27.3 Å². The molecule has 1 aliphatic carbocycles. The van der Waals surface area contributed by atoms with Gasteiger partial charge in [-0.25, -0.2) is 0 Å². The van der Waals surface area contributed by atoms with E-state index in [2.05, 4.69) is 48.1 Å². The van der Waals surface area contributed by atoms with E-state index in [9.17, 15) is 0 Å². The van der Waals surface area contributed by atoms with E-state index in [0.717, 1.165) is 12.3 Å². The van der Waals surface area contributed by atoms with Crippen LogP contribution in [0, 0.1) is 17.3 Å². The van der Waals surface area contributed by atoms with Gasteiger partial charge >= 0.3 is 0 Å². The SMILES string of the molecule is CC(C)(C)C1CCC(C(N)Cc2sccc2Br)CC1. The summed E-state index contributed by atoms with van der Waals surface area (Å²) in [5, 5.41) is 2.14. The molecule has 1 nitrogen and oxygen atoms in total. The lowest BCUT2D eigenvalue weighted by atomic mass is 9.68. The molecule has 0 radical (unpaired) electrons. The van der Waals surface area contributed by atoms with Crippen molar-refractivity contribution < 1.29 is 0 Å². The number of hydrogen-bond acceptors (Lipinski definition) is 2. The standard InChI is InChI=1S/C16H26BrNS/c1-16(2,3)12-6-4-11(5-7-12)14(18)10-15-13(17)8-9-19-15/h8-9,11-12,14H,4-7,10,18H2,1-3H3. The molecule has 0 spiro atoms. The molecule has 1 aromatic heterocycles. The Morgan fingerprint density at radius 1 is 1.32 bits per heavy atom. The zero-order valence-corrected chi connectivity index (χ0v) is 14.7. The maximum atomic E-state index is 6.45. The Hall–Kier alpha value is 0.140. The Balaban J connectivity index is 1.86. The van der Waals surface area contributed by atoms with Gasteiger partial charge < -0.3 is 5.73 Å². The Kier molecular flexibility index (Phi) is 5.13. The molecule has 0 aliphatic heterocycles. The van der Waals surface area contributed by atoms with Crippen LogP contribution in [0.25, 0.3) is 0 Å². The first-order valence-corrected chi connectivity index (χ1v) is 9.02. The third-order valence-electron chi connectivity index (χ3n) is 4.71. The van der Waals surface area contributed by atoms with Gasteiger partial charge in [-0.1, -0.05) is 20.8 Å². The van der Waals surface area contributed by atoms with Crippen LogP contribution in [0.2, 0.25) is 0 Å². The summed E-state index contributed by atoms with van der Waals surface area (Å²) >= 11 is 5.43. The molecule has 2 N–H and O–H groups in total. The van der Waals surface area contributed by atoms with Gasteiger partial charge in [0.15, 0.2) is 0 Å². The van der Waals surface area contributed by atoms with Crippen LogP contribution in [0.3, 0.4) is 0 Å². The highest BCUT2D eigenvalue weighted by Crippen LogP contribution is 2.41. The molecule has 1 unspecified atom stereocenters. The Morgan fingerprint density at radius 3 is 2.42 bits per heavy atom. The van der Waals surface area contributed by atoms with Crippen LogP contribution in [-0.4, -0.2) is 6.04 Å². The van der Waals surface area contributed by atoms with E-state index in [1.54, 1.807) is 0 Å². The topological polar surface area (TPSA) is 26.0 Å². The van der Waals surface area contributed by atoms with Crippen molar-refractivity contribution in [2.45, 2.75) is 58.9 Å². The second-order valence-electron chi connectivity index (χ2n) is 7.04. The highest BCUT2D eigenvalue weighted by atomic mass is 79.9. The summed E-state index contributed by atoms with van der Waals surface area (Å²) < 4.78 is 1.23. The maximum absolute atomic E-state index is 6.45. The molecule has 108 valence electrons. The normalized spacial score (nSPS) is 26.4. The maximum Gasteiger partial charge on any atom is 0.0314 e. The Bertz CT molecular complexity index is 399. The van der Waals surface area contributed by atoms with Gasteiger partial charge in [0.05, 0.1) is 0 Å². The molecule has 1 heterocycles. The molecule has 0 bridgehead atoms. The molecule has 1 saturated carbocycles. The van der Waals surface area contributed by atoms with Crippen LogP contribution in [-0.2, 0) is 6.42 Å². The van der Waals surface area contributed by atoms with Crippen molar-refractivity contribution >= 4 is 27.3 Å². The van der Waals surface area contributed by atoms with Gasteiger partial charge in [0.1, 0.15) is 0 Å². The van der Waals surface area contributed by atoms with Gasteiger partial charge in [-0.05, 0) is 76.7 Å². The monoisotopic (exact) mass is 343 g/mol. The highest BCUT2D eigenvalue weighted by molar-refractivity contribution is 9.10. The lowest BCUT2D eigenvalue weighted by molar-refractivity contribution is 0.139. The summed E-state index contributed by atoms with van der Waals surface area (Å²) in [6.07, 6.45) is 6.36. The van der Waals surface area contributed by atoms with Gasteiger partial charge in [-0.2, -0.15) is 0 Å². The van der Waals surface area contributed by atoms with Gasteiger partial charge in [0, 0.05) is 15.4 Å². The average Bonchev–Trinajstić information content (AvgIpc) is 2.74. The molecule has 1 fully saturated rings. The van der Waals surface area contributed by atoms with E-state index in [0.29, 0.717) is 17.4 Å². The predicted molar refractivity (Wildman–Crippen MR) is 88.6 cm³/mol. The van der Waals surface area contributed by atoms with Crippen LogP contribution in [0.15, 0.2) is 15.9 Å². The van der Waals surface area contributed by atoms with E-state index in [-0.39, 0.29) is 0 Å². The number of hydrogen-bond donors (Lipinski definition) is 1. The van der Waals surface area contributed by atoms with E-state index in [1.165, 1.54) is 35.0 Å². The fourth-order valence-electron chi connectivity index (χ4n) is 3.26. The summed E-state index contributed by atoms with van der Waals surface area (Å²) in [7, 11) is 0. The molecular weight excluding hydrogens is 318 g/mol. The van der Waals surface area contributed by atoms with Gasteiger partial charge in [-0.15, -0.1) is 11.3 Å². The van der Waals surface area contributed by atoms with E-state index >= 15 is 0 Å². The Morgan fingerprint density at radius 2 is 1.95 bits per heavy atom. The second kappa shape index (κ2) is 6.28. The molecule has 1 aliphatic rings. The predicted octanol–water partition coefficient (Wildman–Crippen LogP) is 5.23. The summed E-state index contributed by atoms with van der Waals surface area (Å²) in [5.41, 5.74) is 6.91. The fourth-order valence-corrected chi connectivity index (χ4v) is 4.85. The number of rotatable bonds is 3. The van der Waals surface area contributed by atoms with Crippen LogP contribution in [0.4, 0.5) is 0 Å². The number of thiophene rings is 1. The third kappa shape index (κ3) is 4.05. The average molecular weight is 344 g/mol. The molecule has 1 aromatic rings. The summed E-state index contributed by atoms with van der Waals surface area (Å²) in [5.74, 6) is 1.59. The lowest BCUT2D eigenvalue weighted by Crippen LogP contribution is -2.36. The van der Waals surface area contributed by atoms with E-state index < -0.39 is 0 Å². The number of halogens is 1. The van der Waals surface area contributed by atoms with Crippen molar-refractivity contribution in [3.63, 3.8) is 0 Å². The van der Waals surface area contributed by atoms with Crippen molar-refractivity contribution in [1.29, 1.82) is 0 Å². The first-order valence-electron chi connectivity index (χ1n) is 7.35. The Labute approximate surface area is 130 Å². The van der Waals surface area contributed by atoms with Gasteiger partial charge in [0.25, 0.3) is 0 Å². The zero-order valence-electron chi connectivity index (χ0n) is 12.3. The minimum Gasteiger partial charge on any atom is -0.327 e. The largest absolute Gasteiger partial charge is 0.327 e. The molecular formula is C16H26BrNS. The number of nitrogens with two attached hydrogens (primary N) is 1. The van der Waals surface area contributed by atoms with E-state index in [1.807, 2.05) is 11.3 Å². The summed E-state index contributed by atoms with van der Waals surface area (Å²) in [6.45, 7) is 7.13. The molecule has 0 saturated heterocycles. The smallest absolute Gasteiger partial charge is 0.0314 e. The fraction of sp³-hybridized carbons (Fsp3) is 0.750. The third-order valence-corrected chi connectivity index (χ3v) is 6.66. The van der Waals surface area contributed by atoms with Crippen molar-refractivity contribution in [2.24, 2.45) is 23.0 Å². The van der Waals surface area contributed by atoms with Crippen LogP contribution in [0.5, 0.6) is 0 Å². The minimum absolute atomic E-state index is 0.330. The van der Waals surface area contributed by atoms with Crippen molar-refractivity contribution in [3.8, 4) is 0 Å². The molecule has 2 rings (SSSR count). The molecule has 0 amide bonds. The first-order chi connectivity index (χ1) is 8.88. The quantitative estimate of drug-likeness (QED) is 0.798. The van der Waals surface area contributed by atoms with Gasteiger partial charge in [-0.3, -0.25) is 0 Å². The summed E-state index contributed by atoms with van der Waals surface area (Å²) in [4.78, 5) is 1.41. The van der Waals surface area contributed by atoms with Crippen LogP contribution < -0.4 is 5.73 Å². The molecule has 0 aromatic carbocycles. The van der Waals surface area contributed by atoms with Gasteiger partial charge in [0.2, 0.25) is 0 Å². The van der Waals surface area contributed by atoms with Crippen LogP contribution in [0.1, 0.15) is 51.3 Å². The second-order valence-corrected chi connectivity index (χ2v) is 8.89. The molecule has 1 atom stereocenters. The van der Waals surface area contributed by atoms with E-state index in [4.69, 9.17) is 5.73 Å². The molecule has 19 heavy (non-hydrogen) atoms.